The second-order valence-corrected chi connectivity index (χ2v) is 5.17. The normalized spacial score (nSPS) is 12.2. The van der Waals surface area contributed by atoms with Crippen molar-refractivity contribution in [2.75, 3.05) is 17.4 Å². The van der Waals surface area contributed by atoms with Gasteiger partial charge in [-0.15, -0.1) is 0 Å². The Bertz CT molecular complexity index is 887. The van der Waals surface area contributed by atoms with Crippen molar-refractivity contribution >= 4 is 28.2 Å². The number of hydrogen-bond acceptors (Lipinski definition) is 3. The summed E-state index contributed by atoms with van der Waals surface area (Å²) in [6.07, 6.45) is 0. The molecule has 1 heterocycles. The lowest BCUT2D eigenvalue weighted by Gasteiger charge is -2.10. The second kappa shape index (κ2) is 5.53. The topological polar surface area (TPSA) is 59.6 Å². The van der Waals surface area contributed by atoms with Crippen molar-refractivity contribution in [3.8, 4) is 11.5 Å². The van der Waals surface area contributed by atoms with Gasteiger partial charge in [0, 0.05) is 17.1 Å². The van der Waals surface area contributed by atoms with E-state index in [1.54, 1.807) is 18.2 Å². The molecule has 2 N–H and O–H groups in total. The molecule has 0 spiro atoms. The predicted octanol–water partition coefficient (Wildman–Crippen LogP) is 4.21. The van der Waals surface area contributed by atoms with Crippen LogP contribution in [0.5, 0.6) is 11.5 Å². The molecule has 3 aromatic carbocycles. The predicted molar refractivity (Wildman–Crippen MR) is 89.2 cm³/mol. The summed E-state index contributed by atoms with van der Waals surface area (Å²) in [7, 11) is 0. The van der Waals surface area contributed by atoms with Gasteiger partial charge >= 0.3 is 6.03 Å². The first-order chi connectivity index (χ1) is 11.3. The number of amides is 2. The van der Waals surface area contributed by atoms with E-state index in [0.717, 1.165) is 16.5 Å². The molecule has 2 amide bonds. The van der Waals surface area contributed by atoms with Crippen LogP contribution in [-0.4, -0.2) is 12.8 Å². The van der Waals surface area contributed by atoms with Gasteiger partial charge in [0.2, 0.25) is 6.79 Å². The van der Waals surface area contributed by atoms with Crippen molar-refractivity contribution < 1.29 is 14.3 Å². The summed E-state index contributed by atoms with van der Waals surface area (Å²) in [5.74, 6) is 1.32. The molecule has 0 unspecified atom stereocenters. The fourth-order valence-electron chi connectivity index (χ4n) is 2.59. The van der Waals surface area contributed by atoms with Gasteiger partial charge in [-0.1, -0.05) is 36.4 Å². The number of hydrogen-bond donors (Lipinski definition) is 2. The number of anilines is 2. The first-order valence-corrected chi connectivity index (χ1v) is 7.25. The Labute approximate surface area is 132 Å². The third kappa shape index (κ3) is 2.64. The summed E-state index contributed by atoms with van der Waals surface area (Å²) in [5, 5.41) is 7.75. The van der Waals surface area contributed by atoms with E-state index in [4.69, 9.17) is 9.47 Å². The van der Waals surface area contributed by atoms with E-state index in [1.807, 2.05) is 42.5 Å². The van der Waals surface area contributed by atoms with E-state index in [0.29, 0.717) is 17.2 Å². The van der Waals surface area contributed by atoms with E-state index < -0.39 is 0 Å². The summed E-state index contributed by atoms with van der Waals surface area (Å²) in [6, 6.07) is 18.7. The van der Waals surface area contributed by atoms with E-state index in [-0.39, 0.29) is 12.8 Å². The van der Waals surface area contributed by atoms with E-state index in [1.165, 1.54) is 0 Å². The molecule has 0 fully saturated rings. The molecular formula is C18H14N2O3. The van der Waals surface area contributed by atoms with Crippen LogP contribution >= 0.6 is 0 Å². The fourth-order valence-corrected chi connectivity index (χ4v) is 2.59. The molecule has 1 aliphatic rings. The van der Waals surface area contributed by atoms with Crippen LogP contribution in [0.25, 0.3) is 10.8 Å². The van der Waals surface area contributed by atoms with Crippen molar-refractivity contribution in [1.29, 1.82) is 0 Å². The zero-order valence-corrected chi connectivity index (χ0v) is 12.2. The molecule has 5 heteroatoms. The van der Waals surface area contributed by atoms with E-state index in [2.05, 4.69) is 10.6 Å². The molecule has 0 bridgehead atoms. The quantitative estimate of drug-likeness (QED) is 0.745. The number of carbonyl (C=O) groups is 1. The molecule has 3 aromatic rings. The first kappa shape index (κ1) is 13.5. The average Bonchev–Trinajstić information content (AvgIpc) is 3.03. The van der Waals surface area contributed by atoms with Crippen LogP contribution in [0.15, 0.2) is 60.7 Å². The van der Waals surface area contributed by atoms with Gasteiger partial charge in [0.15, 0.2) is 11.5 Å². The Morgan fingerprint density at radius 2 is 1.70 bits per heavy atom. The molecule has 23 heavy (non-hydrogen) atoms. The van der Waals surface area contributed by atoms with E-state index in [9.17, 15) is 4.79 Å². The summed E-state index contributed by atoms with van der Waals surface area (Å²) in [5.41, 5.74) is 1.41. The van der Waals surface area contributed by atoms with Crippen LogP contribution in [0.3, 0.4) is 0 Å². The maximum absolute atomic E-state index is 12.2. The number of nitrogens with one attached hydrogen (secondary N) is 2. The van der Waals surface area contributed by atoms with Crippen molar-refractivity contribution in [3.05, 3.63) is 60.7 Å². The highest BCUT2D eigenvalue weighted by molar-refractivity contribution is 6.06. The van der Waals surface area contributed by atoms with Gasteiger partial charge in [-0.05, 0) is 23.6 Å². The molecule has 0 aliphatic carbocycles. The molecule has 114 valence electrons. The molecule has 4 rings (SSSR count). The molecule has 5 nitrogen and oxygen atoms in total. The molecule has 0 radical (unpaired) electrons. The highest BCUT2D eigenvalue weighted by Crippen LogP contribution is 2.34. The van der Waals surface area contributed by atoms with Crippen molar-refractivity contribution in [1.82, 2.24) is 0 Å². The Balaban J connectivity index is 1.53. The minimum Gasteiger partial charge on any atom is -0.454 e. The SMILES string of the molecule is O=C(Nc1ccc2c(c1)OCO2)Nc1cccc2ccccc12. The lowest BCUT2D eigenvalue weighted by molar-refractivity contribution is 0.174. The smallest absolute Gasteiger partial charge is 0.323 e. The number of benzene rings is 3. The van der Waals surface area contributed by atoms with Crippen LogP contribution in [0.1, 0.15) is 0 Å². The molecule has 1 aliphatic heterocycles. The fraction of sp³-hybridized carbons (Fsp3) is 0.0556. The minimum absolute atomic E-state index is 0.209. The Kier molecular flexibility index (Phi) is 3.24. The third-order valence-electron chi connectivity index (χ3n) is 3.67. The van der Waals surface area contributed by atoms with E-state index >= 15 is 0 Å². The average molecular weight is 306 g/mol. The summed E-state index contributed by atoms with van der Waals surface area (Å²) >= 11 is 0. The number of rotatable bonds is 2. The first-order valence-electron chi connectivity index (χ1n) is 7.25. The number of carbonyl (C=O) groups excluding carboxylic acids is 1. The maximum Gasteiger partial charge on any atom is 0.323 e. The second-order valence-electron chi connectivity index (χ2n) is 5.17. The maximum atomic E-state index is 12.2. The van der Waals surface area contributed by atoms with Gasteiger partial charge in [0.05, 0.1) is 5.69 Å². The summed E-state index contributed by atoms with van der Waals surface area (Å²) < 4.78 is 10.6. The molecule has 0 saturated heterocycles. The minimum atomic E-state index is -0.305. The lowest BCUT2D eigenvalue weighted by Crippen LogP contribution is -2.19. The van der Waals surface area contributed by atoms with Gasteiger partial charge < -0.3 is 20.1 Å². The van der Waals surface area contributed by atoms with Gasteiger partial charge in [-0.3, -0.25) is 0 Å². The third-order valence-corrected chi connectivity index (χ3v) is 3.67. The Morgan fingerprint density at radius 1 is 0.870 bits per heavy atom. The van der Waals surface area contributed by atoms with Gasteiger partial charge in [0.25, 0.3) is 0 Å². The summed E-state index contributed by atoms with van der Waals surface area (Å²) in [6.45, 7) is 0.209. The van der Waals surface area contributed by atoms with Crippen LogP contribution < -0.4 is 20.1 Å². The van der Waals surface area contributed by atoms with Crippen LogP contribution in [0, 0.1) is 0 Å². The van der Waals surface area contributed by atoms with Crippen molar-refractivity contribution in [3.63, 3.8) is 0 Å². The Morgan fingerprint density at radius 3 is 2.65 bits per heavy atom. The molecule has 0 atom stereocenters. The highest BCUT2D eigenvalue weighted by atomic mass is 16.7. The van der Waals surface area contributed by atoms with Crippen molar-refractivity contribution in [2.24, 2.45) is 0 Å². The zero-order valence-electron chi connectivity index (χ0n) is 12.2. The van der Waals surface area contributed by atoms with Gasteiger partial charge in [0.1, 0.15) is 0 Å². The standard InChI is InChI=1S/C18H14N2O3/c21-18(19-13-8-9-16-17(10-13)23-11-22-16)20-15-7-3-5-12-4-1-2-6-14(12)15/h1-10H,11H2,(H2,19,20,21). The van der Waals surface area contributed by atoms with Crippen LogP contribution in [0.4, 0.5) is 16.2 Å². The van der Waals surface area contributed by atoms with Crippen LogP contribution in [0.2, 0.25) is 0 Å². The highest BCUT2D eigenvalue weighted by Gasteiger charge is 2.14. The van der Waals surface area contributed by atoms with Gasteiger partial charge in [-0.25, -0.2) is 4.79 Å². The zero-order chi connectivity index (χ0) is 15.6. The molecular weight excluding hydrogens is 292 g/mol. The molecule has 0 aromatic heterocycles. The number of ether oxygens (including phenoxy) is 2. The lowest BCUT2D eigenvalue weighted by atomic mass is 10.1. The monoisotopic (exact) mass is 306 g/mol. The molecule has 0 saturated carbocycles. The number of urea groups is 1. The number of fused-ring (bicyclic) bond motifs is 2. The van der Waals surface area contributed by atoms with Crippen LogP contribution in [-0.2, 0) is 0 Å². The Hall–Kier alpha value is -3.21. The van der Waals surface area contributed by atoms with Crippen molar-refractivity contribution in [2.45, 2.75) is 0 Å². The largest absolute Gasteiger partial charge is 0.454 e. The summed E-state index contributed by atoms with van der Waals surface area (Å²) in [4.78, 5) is 12.2. The van der Waals surface area contributed by atoms with Gasteiger partial charge in [-0.2, -0.15) is 0 Å².